The summed E-state index contributed by atoms with van der Waals surface area (Å²) in [5.74, 6) is -0.214. The molecular weight excluding hydrogens is 348 g/mol. The number of amides is 1. The molecule has 0 aliphatic rings. The molecule has 0 aliphatic heterocycles. The second kappa shape index (κ2) is 7.96. The molecule has 0 saturated carbocycles. The highest BCUT2D eigenvalue weighted by atomic mass is 16.1. The van der Waals surface area contributed by atoms with Gasteiger partial charge in [-0.2, -0.15) is 0 Å². The first-order valence-electron chi connectivity index (χ1n) is 9.32. The Balaban J connectivity index is 1.33. The number of rotatable bonds is 6. The summed E-state index contributed by atoms with van der Waals surface area (Å²) in [6.45, 7) is 2.80. The van der Waals surface area contributed by atoms with Gasteiger partial charge in [0.05, 0.1) is 11.9 Å². The van der Waals surface area contributed by atoms with Gasteiger partial charge in [-0.15, -0.1) is 0 Å². The molecule has 0 fully saturated rings. The molecule has 0 atom stereocenters. The number of aromatic nitrogens is 2. The van der Waals surface area contributed by atoms with E-state index in [-0.39, 0.29) is 5.91 Å². The smallest absolute Gasteiger partial charge is 0.274 e. The lowest BCUT2D eigenvalue weighted by molar-refractivity contribution is 0.102. The average molecular weight is 370 g/mol. The second-order valence-electron chi connectivity index (χ2n) is 6.79. The summed E-state index contributed by atoms with van der Waals surface area (Å²) in [5, 5.41) is 7.48. The zero-order valence-electron chi connectivity index (χ0n) is 15.7. The average Bonchev–Trinajstić information content (AvgIpc) is 3.13. The van der Waals surface area contributed by atoms with Gasteiger partial charge in [-0.1, -0.05) is 35.9 Å². The third-order valence-corrected chi connectivity index (χ3v) is 4.70. The number of benzene rings is 2. The van der Waals surface area contributed by atoms with E-state index in [1.165, 1.54) is 10.9 Å². The lowest BCUT2D eigenvalue weighted by atomic mass is 10.1. The van der Waals surface area contributed by atoms with E-state index in [4.69, 9.17) is 0 Å². The van der Waals surface area contributed by atoms with Crippen LogP contribution in [0.4, 0.5) is 11.4 Å². The number of nitrogens with zero attached hydrogens (tertiary/aromatic N) is 1. The van der Waals surface area contributed by atoms with Crippen molar-refractivity contribution >= 4 is 28.2 Å². The number of aryl methyl sites for hydroxylation is 1. The molecule has 5 heteroatoms. The number of carbonyl (C=O) groups excluding carboxylic acids is 1. The molecule has 2 aromatic carbocycles. The molecule has 5 nitrogen and oxygen atoms in total. The Hall–Kier alpha value is -3.60. The standard InChI is InChI=1S/C23H22N4O/c1-16-6-8-18(9-7-16)27-23(28)22-11-10-19(15-26-22)24-13-12-17-14-25-21-5-3-2-4-20(17)21/h2-11,14-15,24-25H,12-13H2,1H3,(H,27,28). The highest BCUT2D eigenvalue weighted by Crippen LogP contribution is 2.18. The van der Waals surface area contributed by atoms with Crippen LogP contribution in [-0.2, 0) is 6.42 Å². The first-order valence-corrected chi connectivity index (χ1v) is 9.32. The number of pyridine rings is 1. The molecule has 3 N–H and O–H groups in total. The van der Waals surface area contributed by atoms with Crippen molar-refractivity contribution in [2.75, 3.05) is 17.2 Å². The summed E-state index contributed by atoms with van der Waals surface area (Å²) in [7, 11) is 0. The lowest BCUT2D eigenvalue weighted by Gasteiger charge is -2.08. The van der Waals surface area contributed by atoms with Gasteiger partial charge in [0.1, 0.15) is 5.69 Å². The molecule has 4 rings (SSSR count). The van der Waals surface area contributed by atoms with Crippen molar-refractivity contribution in [3.05, 3.63) is 89.9 Å². The zero-order chi connectivity index (χ0) is 19.3. The SMILES string of the molecule is Cc1ccc(NC(=O)c2ccc(NCCc3c[nH]c4ccccc34)cn2)cc1. The summed E-state index contributed by atoms with van der Waals surface area (Å²) >= 11 is 0. The van der Waals surface area contributed by atoms with Crippen LogP contribution in [0.5, 0.6) is 0 Å². The van der Waals surface area contributed by atoms with Crippen LogP contribution < -0.4 is 10.6 Å². The van der Waals surface area contributed by atoms with Crippen molar-refractivity contribution in [3.8, 4) is 0 Å². The van der Waals surface area contributed by atoms with E-state index in [1.54, 1.807) is 12.3 Å². The van der Waals surface area contributed by atoms with E-state index in [0.717, 1.165) is 35.4 Å². The van der Waals surface area contributed by atoms with E-state index < -0.39 is 0 Å². The summed E-state index contributed by atoms with van der Waals surface area (Å²) in [6.07, 6.45) is 4.65. The largest absolute Gasteiger partial charge is 0.383 e. The fraction of sp³-hybridized carbons (Fsp3) is 0.130. The van der Waals surface area contributed by atoms with Crippen LogP contribution in [0, 0.1) is 6.92 Å². The van der Waals surface area contributed by atoms with Crippen molar-refractivity contribution in [3.63, 3.8) is 0 Å². The second-order valence-corrected chi connectivity index (χ2v) is 6.79. The Bertz CT molecular complexity index is 1080. The number of hydrogen-bond donors (Lipinski definition) is 3. The third kappa shape index (κ3) is 4.04. The molecule has 0 saturated heterocycles. The third-order valence-electron chi connectivity index (χ3n) is 4.70. The topological polar surface area (TPSA) is 69.8 Å². The van der Waals surface area contributed by atoms with Gasteiger partial charge in [0.2, 0.25) is 0 Å². The number of carbonyl (C=O) groups is 1. The molecule has 0 aliphatic carbocycles. The molecule has 28 heavy (non-hydrogen) atoms. The molecule has 0 spiro atoms. The normalized spacial score (nSPS) is 10.8. The van der Waals surface area contributed by atoms with Gasteiger partial charge in [-0.3, -0.25) is 4.79 Å². The van der Waals surface area contributed by atoms with Crippen molar-refractivity contribution in [1.82, 2.24) is 9.97 Å². The summed E-state index contributed by atoms with van der Waals surface area (Å²) in [4.78, 5) is 19.9. The van der Waals surface area contributed by atoms with Crippen molar-refractivity contribution in [1.29, 1.82) is 0 Å². The molecule has 1 amide bonds. The highest BCUT2D eigenvalue weighted by Gasteiger charge is 2.08. The van der Waals surface area contributed by atoms with Crippen LogP contribution >= 0.6 is 0 Å². The minimum atomic E-state index is -0.214. The summed E-state index contributed by atoms with van der Waals surface area (Å²) in [5.41, 5.74) is 5.64. The van der Waals surface area contributed by atoms with Crippen LogP contribution in [0.2, 0.25) is 0 Å². The van der Waals surface area contributed by atoms with Gasteiger partial charge in [-0.25, -0.2) is 4.98 Å². The van der Waals surface area contributed by atoms with Crippen LogP contribution in [0.3, 0.4) is 0 Å². The fourth-order valence-electron chi connectivity index (χ4n) is 3.14. The Morgan fingerprint density at radius 2 is 1.79 bits per heavy atom. The van der Waals surface area contributed by atoms with Gasteiger partial charge in [0.25, 0.3) is 5.91 Å². The number of anilines is 2. The summed E-state index contributed by atoms with van der Waals surface area (Å²) in [6, 6.07) is 19.6. The van der Waals surface area contributed by atoms with E-state index in [9.17, 15) is 4.79 Å². The van der Waals surface area contributed by atoms with Gasteiger partial charge in [-0.05, 0) is 49.2 Å². The predicted octanol–water partition coefficient (Wildman–Crippen LogP) is 4.78. The molecule has 2 heterocycles. The van der Waals surface area contributed by atoms with Crippen LogP contribution in [0.1, 0.15) is 21.6 Å². The minimum Gasteiger partial charge on any atom is -0.383 e. The maximum absolute atomic E-state index is 12.3. The zero-order valence-corrected chi connectivity index (χ0v) is 15.7. The van der Waals surface area contributed by atoms with E-state index in [1.807, 2.05) is 43.3 Å². The molecule has 2 aromatic heterocycles. The van der Waals surface area contributed by atoms with Crippen molar-refractivity contribution in [2.45, 2.75) is 13.3 Å². The van der Waals surface area contributed by atoms with E-state index >= 15 is 0 Å². The fourth-order valence-corrected chi connectivity index (χ4v) is 3.14. The first kappa shape index (κ1) is 17.8. The molecule has 0 radical (unpaired) electrons. The number of aromatic amines is 1. The highest BCUT2D eigenvalue weighted by molar-refractivity contribution is 6.02. The van der Waals surface area contributed by atoms with Gasteiger partial charge in [0.15, 0.2) is 0 Å². The predicted molar refractivity (Wildman–Crippen MR) is 114 cm³/mol. The Morgan fingerprint density at radius 3 is 2.57 bits per heavy atom. The Kier molecular flexibility index (Phi) is 5.06. The van der Waals surface area contributed by atoms with Gasteiger partial charge in [0, 0.05) is 29.3 Å². The van der Waals surface area contributed by atoms with Crippen LogP contribution in [0.15, 0.2) is 73.1 Å². The number of fused-ring (bicyclic) bond motifs is 1. The van der Waals surface area contributed by atoms with E-state index in [2.05, 4.69) is 45.0 Å². The van der Waals surface area contributed by atoms with Gasteiger partial charge < -0.3 is 15.6 Å². The quantitative estimate of drug-likeness (QED) is 0.457. The van der Waals surface area contributed by atoms with E-state index in [0.29, 0.717) is 5.69 Å². The maximum atomic E-state index is 12.3. The number of nitrogens with one attached hydrogen (secondary N) is 3. The Labute approximate surface area is 163 Å². The molecule has 140 valence electrons. The van der Waals surface area contributed by atoms with Crippen LogP contribution in [-0.4, -0.2) is 22.4 Å². The number of hydrogen-bond acceptors (Lipinski definition) is 3. The lowest BCUT2D eigenvalue weighted by Crippen LogP contribution is -2.14. The first-order chi connectivity index (χ1) is 13.7. The van der Waals surface area contributed by atoms with Gasteiger partial charge >= 0.3 is 0 Å². The molecular formula is C23H22N4O. The monoisotopic (exact) mass is 370 g/mol. The minimum absolute atomic E-state index is 0.214. The molecule has 0 bridgehead atoms. The summed E-state index contributed by atoms with van der Waals surface area (Å²) < 4.78 is 0. The number of para-hydroxylation sites is 1. The molecule has 4 aromatic rings. The van der Waals surface area contributed by atoms with Crippen LogP contribution in [0.25, 0.3) is 10.9 Å². The maximum Gasteiger partial charge on any atom is 0.274 e. The number of H-pyrrole nitrogens is 1. The molecule has 0 unspecified atom stereocenters. The van der Waals surface area contributed by atoms with Crippen molar-refractivity contribution < 1.29 is 4.79 Å². The van der Waals surface area contributed by atoms with Crippen molar-refractivity contribution in [2.24, 2.45) is 0 Å². The Morgan fingerprint density at radius 1 is 1.00 bits per heavy atom.